The van der Waals surface area contributed by atoms with Crippen LogP contribution in [0, 0.1) is 11.3 Å². The fourth-order valence-corrected chi connectivity index (χ4v) is 2.57. The molecule has 0 saturated heterocycles. The van der Waals surface area contributed by atoms with Crippen LogP contribution in [0.4, 0.5) is 23.9 Å². The number of alkyl halides is 3. The largest absolute Gasteiger partial charge is 0.462 e. The van der Waals surface area contributed by atoms with E-state index in [1.54, 1.807) is 6.92 Å². The second-order valence-corrected chi connectivity index (χ2v) is 5.14. The highest BCUT2D eigenvalue weighted by molar-refractivity contribution is 7.17. The maximum Gasteiger partial charge on any atom is 0.390 e. The molecule has 21 heavy (non-hydrogen) atoms. The van der Waals surface area contributed by atoms with Crippen LogP contribution in [0.25, 0.3) is 0 Å². The monoisotopic (exact) mass is 321 g/mol. The van der Waals surface area contributed by atoms with Crippen molar-refractivity contribution in [1.82, 2.24) is 0 Å². The first-order valence-electron chi connectivity index (χ1n) is 5.98. The SMILES string of the molecule is CCOC(=O)c1c(N(C)CCC(F)(F)F)sc(C#N)c1N. The molecule has 0 fully saturated rings. The van der Waals surface area contributed by atoms with E-state index in [1.807, 2.05) is 6.07 Å². The summed E-state index contributed by atoms with van der Waals surface area (Å²) in [4.78, 5) is 13.2. The first-order chi connectivity index (χ1) is 9.71. The minimum absolute atomic E-state index is 0.0527. The summed E-state index contributed by atoms with van der Waals surface area (Å²) < 4.78 is 41.6. The maximum atomic E-state index is 12.3. The van der Waals surface area contributed by atoms with Gasteiger partial charge in [0, 0.05) is 13.6 Å². The molecule has 0 bridgehead atoms. The van der Waals surface area contributed by atoms with Crippen LogP contribution in [0.1, 0.15) is 28.6 Å². The quantitative estimate of drug-likeness (QED) is 0.844. The molecule has 0 aliphatic heterocycles. The average molecular weight is 321 g/mol. The summed E-state index contributed by atoms with van der Waals surface area (Å²) in [5.41, 5.74) is 5.59. The van der Waals surface area contributed by atoms with Crippen LogP contribution < -0.4 is 10.6 Å². The van der Waals surface area contributed by atoms with Gasteiger partial charge in [0.15, 0.2) is 0 Å². The molecule has 0 aliphatic rings. The molecule has 0 amide bonds. The Kier molecular flexibility index (Phi) is 5.43. The number of thiophene rings is 1. The van der Waals surface area contributed by atoms with Crippen molar-refractivity contribution in [3.05, 3.63) is 10.4 Å². The van der Waals surface area contributed by atoms with E-state index in [4.69, 9.17) is 15.7 Å². The molecule has 0 unspecified atom stereocenters. The van der Waals surface area contributed by atoms with E-state index in [0.29, 0.717) is 0 Å². The predicted molar refractivity (Wildman–Crippen MR) is 73.3 cm³/mol. The van der Waals surface area contributed by atoms with Crippen molar-refractivity contribution < 1.29 is 22.7 Å². The van der Waals surface area contributed by atoms with Crippen LogP contribution in [0.5, 0.6) is 0 Å². The molecule has 1 heterocycles. The summed E-state index contributed by atoms with van der Waals surface area (Å²) in [5, 5.41) is 9.14. The lowest BCUT2D eigenvalue weighted by Gasteiger charge is -2.19. The number of esters is 1. The van der Waals surface area contributed by atoms with Crippen LogP contribution >= 0.6 is 11.3 Å². The van der Waals surface area contributed by atoms with Crippen LogP contribution in [-0.4, -0.2) is 32.3 Å². The van der Waals surface area contributed by atoms with Crippen molar-refractivity contribution >= 4 is 28.0 Å². The number of ether oxygens (including phenoxy) is 1. The lowest BCUT2D eigenvalue weighted by molar-refractivity contribution is -0.132. The Balaban J connectivity index is 3.10. The first kappa shape index (κ1) is 17.1. The Labute approximate surface area is 123 Å². The molecule has 0 aliphatic carbocycles. The van der Waals surface area contributed by atoms with Crippen molar-refractivity contribution in [2.75, 3.05) is 30.8 Å². The van der Waals surface area contributed by atoms with Crippen LogP contribution in [0.2, 0.25) is 0 Å². The number of nitrogens with zero attached hydrogens (tertiary/aromatic N) is 2. The summed E-state index contributed by atoms with van der Waals surface area (Å²) >= 11 is 0.871. The molecule has 0 atom stereocenters. The highest BCUT2D eigenvalue weighted by Gasteiger charge is 2.30. The molecule has 5 nitrogen and oxygen atoms in total. The lowest BCUT2D eigenvalue weighted by atomic mass is 10.2. The molecular formula is C12H14F3N3O2S. The zero-order chi connectivity index (χ0) is 16.2. The Morgan fingerprint density at radius 1 is 1.52 bits per heavy atom. The van der Waals surface area contributed by atoms with Gasteiger partial charge in [-0.2, -0.15) is 18.4 Å². The van der Waals surface area contributed by atoms with Gasteiger partial charge in [0.2, 0.25) is 0 Å². The smallest absolute Gasteiger partial charge is 0.390 e. The number of hydrogen-bond acceptors (Lipinski definition) is 6. The predicted octanol–water partition coefficient (Wildman–Crippen LogP) is 2.77. The van der Waals surface area contributed by atoms with Gasteiger partial charge in [0.25, 0.3) is 0 Å². The third kappa shape index (κ3) is 4.26. The number of nitrogen functional groups attached to an aromatic ring is 1. The number of carbonyl (C=O) groups excluding carboxylic acids is 1. The third-order valence-electron chi connectivity index (χ3n) is 2.59. The molecule has 1 rings (SSSR count). The van der Waals surface area contributed by atoms with Crippen molar-refractivity contribution in [3.8, 4) is 6.07 Å². The fourth-order valence-electron chi connectivity index (χ4n) is 1.58. The Bertz CT molecular complexity index is 563. The second-order valence-electron chi connectivity index (χ2n) is 4.14. The maximum absolute atomic E-state index is 12.3. The number of hydrogen-bond donors (Lipinski definition) is 1. The third-order valence-corrected chi connectivity index (χ3v) is 3.81. The summed E-state index contributed by atoms with van der Waals surface area (Å²) in [6.07, 6.45) is -5.34. The molecule has 9 heteroatoms. The van der Waals surface area contributed by atoms with Gasteiger partial charge >= 0.3 is 12.1 Å². The van der Waals surface area contributed by atoms with Gasteiger partial charge in [-0.05, 0) is 6.92 Å². The molecule has 2 N–H and O–H groups in total. The molecule has 116 valence electrons. The zero-order valence-electron chi connectivity index (χ0n) is 11.5. The minimum atomic E-state index is -4.31. The molecule has 0 radical (unpaired) electrons. The van der Waals surface area contributed by atoms with Gasteiger partial charge in [-0.3, -0.25) is 0 Å². The number of nitrogens with two attached hydrogens (primary N) is 1. The number of carbonyl (C=O) groups is 1. The Morgan fingerprint density at radius 2 is 2.14 bits per heavy atom. The molecule has 1 aromatic heterocycles. The Hall–Kier alpha value is -1.95. The number of halogens is 3. The second kappa shape index (κ2) is 6.67. The van der Waals surface area contributed by atoms with Crippen molar-refractivity contribution in [1.29, 1.82) is 5.26 Å². The standard InChI is InChI=1S/C12H14F3N3O2S/c1-3-20-11(19)8-9(17)7(6-16)21-10(8)18(2)5-4-12(13,14)15/h3-5,17H2,1-2H3. The van der Waals surface area contributed by atoms with Crippen LogP contribution in [0.3, 0.4) is 0 Å². The van der Waals surface area contributed by atoms with Gasteiger partial charge in [0.05, 0.1) is 18.7 Å². The van der Waals surface area contributed by atoms with Crippen molar-refractivity contribution in [2.24, 2.45) is 0 Å². The van der Waals surface area contributed by atoms with Crippen molar-refractivity contribution in [2.45, 2.75) is 19.5 Å². The van der Waals surface area contributed by atoms with E-state index in [0.717, 1.165) is 11.3 Å². The van der Waals surface area contributed by atoms with E-state index in [-0.39, 0.29) is 34.3 Å². The zero-order valence-corrected chi connectivity index (χ0v) is 12.3. The lowest BCUT2D eigenvalue weighted by Crippen LogP contribution is -2.25. The van der Waals surface area contributed by atoms with Gasteiger partial charge in [-0.15, -0.1) is 11.3 Å². The molecule has 0 spiro atoms. The number of rotatable bonds is 5. The molecule has 0 saturated carbocycles. The van der Waals surface area contributed by atoms with Crippen LogP contribution in [-0.2, 0) is 4.74 Å². The molecule has 1 aromatic rings. The summed E-state index contributed by atoms with van der Waals surface area (Å²) in [6.45, 7) is 1.35. The summed E-state index contributed by atoms with van der Waals surface area (Å²) in [6, 6.07) is 1.82. The van der Waals surface area contributed by atoms with Gasteiger partial charge in [0.1, 0.15) is 21.5 Å². The summed E-state index contributed by atoms with van der Waals surface area (Å²) in [5.74, 6) is -0.749. The van der Waals surface area contributed by atoms with Gasteiger partial charge in [-0.1, -0.05) is 0 Å². The first-order valence-corrected chi connectivity index (χ1v) is 6.80. The van der Waals surface area contributed by atoms with E-state index in [1.165, 1.54) is 11.9 Å². The fraction of sp³-hybridized carbons (Fsp3) is 0.500. The number of nitriles is 1. The Morgan fingerprint density at radius 3 is 2.62 bits per heavy atom. The molecular weight excluding hydrogens is 307 g/mol. The highest BCUT2D eigenvalue weighted by atomic mass is 32.1. The van der Waals surface area contributed by atoms with E-state index >= 15 is 0 Å². The van der Waals surface area contributed by atoms with Crippen molar-refractivity contribution in [3.63, 3.8) is 0 Å². The van der Waals surface area contributed by atoms with E-state index < -0.39 is 18.6 Å². The average Bonchev–Trinajstić information content (AvgIpc) is 2.72. The highest BCUT2D eigenvalue weighted by Crippen LogP contribution is 2.38. The van der Waals surface area contributed by atoms with Gasteiger partial charge < -0.3 is 15.4 Å². The normalized spacial score (nSPS) is 11.0. The number of anilines is 2. The van der Waals surface area contributed by atoms with Gasteiger partial charge in [-0.25, -0.2) is 4.79 Å². The summed E-state index contributed by atoms with van der Waals surface area (Å²) in [7, 11) is 1.40. The topological polar surface area (TPSA) is 79.3 Å². The minimum Gasteiger partial charge on any atom is -0.462 e. The molecule has 0 aromatic carbocycles. The van der Waals surface area contributed by atoms with Crippen LogP contribution in [0.15, 0.2) is 0 Å². The van der Waals surface area contributed by atoms with E-state index in [2.05, 4.69) is 0 Å². The van der Waals surface area contributed by atoms with E-state index in [9.17, 15) is 18.0 Å².